The topological polar surface area (TPSA) is 55.8 Å². The normalized spacial score (nSPS) is 14.5. The molecule has 0 unspecified atom stereocenters. The van der Waals surface area contributed by atoms with Crippen molar-refractivity contribution < 1.29 is 10.0 Å². The van der Waals surface area contributed by atoms with Crippen LogP contribution >= 0.6 is 0 Å². The van der Waals surface area contributed by atoms with Gasteiger partial charge in [0, 0.05) is 44.5 Å². The average Bonchev–Trinajstić information content (AvgIpc) is 2.65. The highest BCUT2D eigenvalue weighted by molar-refractivity contribution is 5.74. The van der Waals surface area contributed by atoms with Crippen molar-refractivity contribution in [2.24, 2.45) is 0 Å². The molecule has 2 rings (SSSR count). The van der Waals surface area contributed by atoms with Crippen molar-refractivity contribution in [3.8, 4) is 0 Å². The quantitative estimate of drug-likeness (QED) is 0.412. The van der Waals surface area contributed by atoms with Crippen LogP contribution in [0.15, 0.2) is 24.3 Å². The summed E-state index contributed by atoms with van der Waals surface area (Å²) in [7, 11) is 2.13. The number of amides is 1. The summed E-state index contributed by atoms with van der Waals surface area (Å²) >= 11 is 0. The number of unbranched alkanes of at least 4 members (excludes halogenated alkanes) is 3. The van der Waals surface area contributed by atoms with Crippen molar-refractivity contribution >= 4 is 17.3 Å². The van der Waals surface area contributed by atoms with Crippen molar-refractivity contribution in [1.29, 1.82) is 0 Å². The molecule has 0 saturated carbocycles. The predicted octanol–water partition coefficient (Wildman–Crippen LogP) is 3.57. The third-order valence-electron chi connectivity index (χ3n) is 4.78. The third-order valence-corrected chi connectivity index (χ3v) is 4.78. The van der Waals surface area contributed by atoms with Crippen LogP contribution in [0.1, 0.15) is 51.4 Å². The van der Waals surface area contributed by atoms with E-state index in [1.54, 1.807) is 5.48 Å². The van der Waals surface area contributed by atoms with E-state index in [1.165, 1.54) is 43.7 Å². The number of anilines is 2. The lowest BCUT2D eigenvalue weighted by atomic mass is 10.1. The molecule has 134 valence electrons. The second-order valence-corrected chi connectivity index (χ2v) is 6.68. The first-order chi connectivity index (χ1) is 11.7. The Bertz CT molecular complexity index is 484. The van der Waals surface area contributed by atoms with Gasteiger partial charge in [0.25, 0.3) is 0 Å². The van der Waals surface area contributed by atoms with Crippen molar-refractivity contribution in [2.75, 3.05) is 36.5 Å². The van der Waals surface area contributed by atoms with Gasteiger partial charge in [0.2, 0.25) is 5.91 Å². The number of nitrogens with zero attached hydrogens (tertiary/aromatic N) is 2. The number of hydrogen-bond donors (Lipinski definition) is 2. The first kappa shape index (κ1) is 18.6. The molecule has 24 heavy (non-hydrogen) atoms. The van der Waals surface area contributed by atoms with E-state index in [-0.39, 0.29) is 5.91 Å². The zero-order chi connectivity index (χ0) is 17.2. The van der Waals surface area contributed by atoms with Crippen LogP contribution in [0.25, 0.3) is 0 Å². The highest BCUT2D eigenvalue weighted by atomic mass is 16.5. The summed E-state index contributed by atoms with van der Waals surface area (Å²) < 4.78 is 0. The van der Waals surface area contributed by atoms with Crippen molar-refractivity contribution in [1.82, 2.24) is 5.48 Å². The van der Waals surface area contributed by atoms with Gasteiger partial charge in [-0.15, -0.1) is 0 Å². The maximum Gasteiger partial charge on any atom is 0.243 e. The highest BCUT2D eigenvalue weighted by Gasteiger charge is 2.11. The number of carbonyl (C=O) groups is 1. The fourth-order valence-corrected chi connectivity index (χ4v) is 3.24. The summed E-state index contributed by atoms with van der Waals surface area (Å²) in [6.07, 6.45) is 8.46. The standard InChI is InChI=1S/C19H31N3O2/c1-21(14-6-3-2-5-9-19(23)20-24)17-10-12-18(13-11-17)22-15-7-4-8-16-22/h10-13,24H,2-9,14-16H2,1H3,(H,20,23). The first-order valence-electron chi connectivity index (χ1n) is 9.20. The van der Waals surface area contributed by atoms with Gasteiger partial charge in [0.05, 0.1) is 0 Å². The van der Waals surface area contributed by atoms with Gasteiger partial charge in [0.15, 0.2) is 0 Å². The second-order valence-electron chi connectivity index (χ2n) is 6.68. The Morgan fingerprint density at radius 2 is 1.75 bits per heavy atom. The van der Waals surface area contributed by atoms with Crippen LogP contribution in [0.2, 0.25) is 0 Å². The minimum absolute atomic E-state index is 0.291. The van der Waals surface area contributed by atoms with E-state index in [9.17, 15) is 4.79 Å². The Morgan fingerprint density at radius 3 is 2.42 bits per heavy atom. The first-order valence-corrected chi connectivity index (χ1v) is 9.20. The summed E-state index contributed by atoms with van der Waals surface area (Å²) in [5.74, 6) is -0.291. The number of rotatable bonds is 9. The molecular weight excluding hydrogens is 302 g/mol. The van der Waals surface area contributed by atoms with Crippen LogP contribution in [0.3, 0.4) is 0 Å². The molecule has 0 radical (unpaired) electrons. The summed E-state index contributed by atoms with van der Waals surface area (Å²) in [6, 6.07) is 8.92. The smallest absolute Gasteiger partial charge is 0.243 e. The Labute approximate surface area is 145 Å². The van der Waals surface area contributed by atoms with Crippen molar-refractivity contribution in [3.05, 3.63) is 24.3 Å². The zero-order valence-electron chi connectivity index (χ0n) is 14.8. The van der Waals surface area contributed by atoms with Gasteiger partial charge >= 0.3 is 0 Å². The molecule has 0 atom stereocenters. The van der Waals surface area contributed by atoms with Crippen LogP contribution < -0.4 is 15.3 Å². The predicted molar refractivity (Wildman–Crippen MR) is 98.8 cm³/mol. The maximum absolute atomic E-state index is 10.9. The zero-order valence-corrected chi connectivity index (χ0v) is 14.8. The summed E-state index contributed by atoms with van der Waals surface area (Å²) in [4.78, 5) is 15.7. The third kappa shape index (κ3) is 6.04. The van der Waals surface area contributed by atoms with Crippen LogP contribution in [0, 0.1) is 0 Å². The van der Waals surface area contributed by atoms with Crippen molar-refractivity contribution in [2.45, 2.75) is 51.4 Å². The minimum atomic E-state index is -0.291. The Hall–Kier alpha value is -1.75. The molecule has 0 aliphatic carbocycles. The molecule has 1 aliphatic heterocycles. The molecule has 1 fully saturated rings. The number of carbonyl (C=O) groups excluding carboxylic acids is 1. The van der Waals surface area contributed by atoms with Gasteiger partial charge in [-0.25, -0.2) is 5.48 Å². The van der Waals surface area contributed by atoms with Crippen molar-refractivity contribution in [3.63, 3.8) is 0 Å². The molecule has 1 aromatic carbocycles. The largest absolute Gasteiger partial charge is 0.375 e. The van der Waals surface area contributed by atoms with E-state index >= 15 is 0 Å². The lowest BCUT2D eigenvalue weighted by Gasteiger charge is -2.29. The molecule has 0 aromatic heterocycles. The number of nitrogens with one attached hydrogen (secondary N) is 1. The van der Waals surface area contributed by atoms with Crippen LogP contribution in [-0.4, -0.2) is 37.8 Å². The molecule has 5 nitrogen and oxygen atoms in total. The summed E-state index contributed by atoms with van der Waals surface area (Å²) in [5, 5.41) is 8.43. The molecule has 2 N–H and O–H groups in total. The fraction of sp³-hybridized carbons (Fsp3) is 0.632. The van der Waals surface area contributed by atoms with Gasteiger partial charge in [0.1, 0.15) is 0 Å². The Balaban J connectivity index is 1.66. The second kappa shape index (κ2) is 10.2. The van der Waals surface area contributed by atoms with Crippen LogP contribution in [0.5, 0.6) is 0 Å². The fourth-order valence-electron chi connectivity index (χ4n) is 3.24. The average molecular weight is 333 g/mol. The SMILES string of the molecule is CN(CCCCCCC(=O)NO)c1ccc(N2CCCCC2)cc1. The maximum atomic E-state index is 10.9. The molecule has 1 heterocycles. The Morgan fingerprint density at radius 1 is 1.08 bits per heavy atom. The lowest BCUT2D eigenvalue weighted by Crippen LogP contribution is -2.29. The number of piperidine rings is 1. The lowest BCUT2D eigenvalue weighted by molar-refractivity contribution is -0.129. The van der Waals surface area contributed by atoms with Gasteiger partial charge in [-0.1, -0.05) is 12.8 Å². The number of hydrogen-bond acceptors (Lipinski definition) is 4. The number of benzene rings is 1. The van der Waals surface area contributed by atoms with Gasteiger partial charge < -0.3 is 9.80 Å². The summed E-state index contributed by atoms with van der Waals surface area (Å²) in [5.41, 5.74) is 4.27. The molecule has 0 spiro atoms. The van der Waals surface area contributed by atoms with E-state index in [0.717, 1.165) is 32.2 Å². The van der Waals surface area contributed by atoms with E-state index in [4.69, 9.17) is 5.21 Å². The molecule has 1 aromatic rings. The molecule has 1 amide bonds. The van der Waals surface area contributed by atoms with E-state index in [2.05, 4.69) is 41.1 Å². The minimum Gasteiger partial charge on any atom is -0.375 e. The van der Waals surface area contributed by atoms with E-state index < -0.39 is 0 Å². The van der Waals surface area contributed by atoms with E-state index in [1.807, 2.05) is 0 Å². The molecule has 1 saturated heterocycles. The Kier molecular flexibility index (Phi) is 7.89. The van der Waals surface area contributed by atoms with Gasteiger partial charge in [-0.2, -0.15) is 0 Å². The van der Waals surface area contributed by atoms with Gasteiger partial charge in [-0.05, 0) is 56.4 Å². The van der Waals surface area contributed by atoms with Gasteiger partial charge in [-0.3, -0.25) is 10.0 Å². The van der Waals surface area contributed by atoms with Crippen LogP contribution in [-0.2, 0) is 4.79 Å². The summed E-state index contributed by atoms with van der Waals surface area (Å²) in [6.45, 7) is 3.39. The van der Waals surface area contributed by atoms with Crippen LogP contribution in [0.4, 0.5) is 11.4 Å². The number of hydroxylamine groups is 1. The highest BCUT2D eigenvalue weighted by Crippen LogP contribution is 2.23. The van der Waals surface area contributed by atoms with E-state index in [0.29, 0.717) is 6.42 Å². The molecule has 0 bridgehead atoms. The molecule has 5 heteroatoms. The molecular formula is C19H31N3O2. The monoisotopic (exact) mass is 333 g/mol. The molecule has 1 aliphatic rings.